The van der Waals surface area contributed by atoms with Crippen LogP contribution in [0.1, 0.15) is 6.92 Å². The van der Waals surface area contributed by atoms with Crippen molar-refractivity contribution < 1.29 is 4.74 Å². The molecule has 0 aromatic carbocycles. The first-order chi connectivity index (χ1) is 7.25. The smallest absolute Gasteiger partial charge is 0.123 e. The Labute approximate surface area is 90.0 Å². The van der Waals surface area contributed by atoms with E-state index in [1.807, 2.05) is 18.3 Å². The molecule has 0 spiro atoms. The highest BCUT2D eigenvalue weighted by molar-refractivity contribution is 5.48. The number of aromatic nitrogens is 1. The van der Waals surface area contributed by atoms with E-state index >= 15 is 0 Å². The zero-order chi connectivity index (χ0) is 10.7. The number of nitrogens with two attached hydrogens (primary N) is 1. The highest BCUT2D eigenvalue weighted by Crippen LogP contribution is 2.17. The van der Waals surface area contributed by atoms with Crippen molar-refractivity contribution in [1.29, 1.82) is 0 Å². The van der Waals surface area contributed by atoms with Crippen molar-refractivity contribution in [3.63, 3.8) is 0 Å². The fourth-order valence-electron chi connectivity index (χ4n) is 1.80. The Kier molecular flexibility index (Phi) is 3.06. The fraction of sp³-hybridized carbons (Fsp3) is 0.545. The minimum atomic E-state index is 0.560. The van der Waals surface area contributed by atoms with E-state index in [1.165, 1.54) is 0 Å². The van der Waals surface area contributed by atoms with Crippen molar-refractivity contribution in [2.45, 2.75) is 6.92 Å². The summed E-state index contributed by atoms with van der Waals surface area (Å²) in [7, 11) is 0. The van der Waals surface area contributed by atoms with Gasteiger partial charge in [-0.15, -0.1) is 0 Å². The van der Waals surface area contributed by atoms with E-state index < -0.39 is 0 Å². The van der Waals surface area contributed by atoms with Gasteiger partial charge < -0.3 is 15.4 Å². The van der Waals surface area contributed by atoms with Gasteiger partial charge in [0, 0.05) is 13.1 Å². The Bertz CT molecular complexity index is 312. The van der Waals surface area contributed by atoms with E-state index in [0.717, 1.165) is 32.0 Å². The minimum Gasteiger partial charge on any atom is -0.384 e. The molecule has 2 rings (SSSR count). The molecular formula is C11H17N3O. The normalized spacial score (nSPS) is 22.5. The molecule has 1 aliphatic heterocycles. The minimum absolute atomic E-state index is 0.560. The van der Waals surface area contributed by atoms with Crippen molar-refractivity contribution in [1.82, 2.24) is 4.98 Å². The van der Waals surface area contributed by atoms with Gasteiger partial charge in [-0.25, -0.2) is 4.98 Å². The summed E-state index contributed by atoms with van der Waals surface area (Å²) in [6.07, 6.45) is 1.83. The number of hydrogen-bond acceptors (Lipinski definition) is 4. The molecule has 82 valence electrons. The van der Waals surface area contributed by atoms with Crippen LogP contribution in [0.5, 0.6) is 0 Å². The van der Waals surface area contributed by atoms with Crippen LogP contribution in [0.4, 0.5) is 11.5 Å². The number of ether oxygens (including phenoxy) is 1. The van der Waals surface area contributed by atoms with Gasteiger partial charge in [-0.3, -0.25) is 0 Å². The molecule has 1 aliphatic rings. The average molecular weight is 207 g/mol. The summed E-state index contributed by atoms with van der Waals surface area (Å²) in [5, 5.41) is 0. The van der Waals surface area contributed by atoms with E-state index in [1.54, 1.807) is 0 Å². The lowest BCUT2D eigenvalue weighted by molar-refractivity contribution is 0.129. The van der Waals surface area contributed by atoms with Gasteiger partial charge in [-0.1, -0.05) is 6.92 Å². The SMILES string of the molecule is CC1COCCN(c2ccc(N)nc2)C1. The Morgan fingerprint density at radius 3 is 3.13 bits per heavy atom. The quantitative estimate of drug-likeness (QED) is 0.750. The Morgan fingerprint density at radius 1 is 1.53 bits per heavy atom. The summed E-state index contributed by atoms with van der Waals surface area (Å²) in [5.74, 6) is 1.13. The second kappa shape index (κ2) is 4.49. The highest BCUT2D eigenvalue weighted by Gasteiger charge is 2.15. The average Bonchev–Trinajstić information content (AvgIpc) is 2.44. The van der Waals surface area contributed by atoms with Gasteiger partial charge in [0.1, 0.15) is 5.82 Å². The molecule has 0 aliphatic carbocycles. The first kappa shape index (κ1) is 10.2. The largest absolute Gasteiger partial charge is 0.384 e. The van der Waals surface area contributed by atoms with Gasteiger partial charge in [0.05, 0.1) is 25.1 Å². The molecule has 1 aromatic heterocycles. The second-order valence-corrected chi connectivity index (χ2v) is 4.07. The molecule has 4 nitrogen and oxygen atoms in total. The van der Waals surface area contributed by atoms with E-state index in [0.29, 0.717) is 11.7 Å². The zero-order valence-corrected chi connectivity index (χ0v) is 9.02. The lowest BCUT2D eigenvalue weighted by Crippen LogP contribution is -2.28. The Hall–Kier alpha value is -1.29. The molecule has 2 N–H and O–H groups in total. The number of nitrogens with zero attached hydrogens (tertiary/aromatic N) is 2. The molecule has 0 amide bonds. The number of rotatable bonds is 1. The number of nitrogen functional groups attached to an aromatic ring is 1. The molecule has 1 saturated heterocycles. The summed E-state index contributed by atoms with van der Waals surface area (Å²) in [6, 6.07) is 3.85. The summed E-state index contributed by atoms with van der Waals surface area (Å²) in [4.78, 5) is 6.40. The van der Waals surface area contributed by atoms with Crippen molar-refractivity contribution in [2.24, 2.45) is 5.92 Å². The number of pyridine rings is 1. The van der Waals surface area contributed by atoms with Gasteiger partial charge >= 0.3 is 0 Å². The Morgan fingerprint density at radius 2 is 2.40 bits per heavy atom. The van der Waals surface area contributed by atoms with Crippen LogP contribution in [0.3, 0.4) is 0 Å². The van der Waals surface area contributed by atoms with Crippen LogP contribution >= 0.6 is 0 Å². The molecule has 1 unspecified atom stereocenters. The maximum Gasteiger partial charge on any atom is 0.123 e. The van der Waals surface area contributed by atoms with Crippen LogP contribution in [0.15, 0.2) is 18.3 Å². The first-order valence-corrected chi connectivity index (χ1v) is 5.30. The van der Waals surface area contributed by atoms with Crippen LogP contribution in [0.25, 0.3) is 0 Å². The highest BCUT2D eigenvalue weighted by atomic mass is 16.5. The van der Waals surface area contributed by atoms with Crippen LogP contribution in [-0.4, -0.2) is 31.3 Å². The molecule has 2 heterocycles. The lowest BCUT2D eigenvalue weighted by atomic mass is 10.2. The summed E-state index contributed by atoms with van der Waals surface area (Å²) >= 11 is 0. The molecule has 15 heavy (non-hydrogen) atoms. The molecule has 0 saturated carbocycles. The monoisotopic (exact) mass is 207 g/mol. The third kappa shape index (κ3) is 2.59. The molecule has 1 aromatic rings. The maximum atomic E-state index is 5.56. The molecule has 0 bridgehead atoms. The molecule has 1 fully saturated rings. The van der Waals surface area contributed by atoms with Crippen molar-refractivity contribution in [3.05, 3.63) is 18.3 Å². The van der Waals surface area contributed by atoms with Gasteiger partial charge in [0.25, 0.3) is 0 Å². The standard InChI is InChI=1S/C11H17N3O/c1-9-7-14(4-5-15-8-9)10-2-3-11(12)13-6-10/h2-3,6,9H,4-5,7-8H2,1H3,(H2,12,13). The summed E-state index contributed by atoms with van der Waals surface area (Å²) < 4.78 is 5.50. The Balaban J connectivity index is 2.11. The predicted octanol–water partition coefficient (Wildman–Crippen LogP) is 1.14. The first-order valence-electron chi connectivity index (χ1n) is 5.30. The second-order valence-electron chi connectivity index (χ2n) is 4.07. The van der Waals surface area contributed by atoms with Gasteiger partial charge in [0.15, 0.2) is 0 Å². The zero-order valence-electron chi connectivity index (χ0n) is 9.02. The third-order valence-corrected chi connectivity index (χ3v) is 2.58. The molecule has 0 radical (unpaired) electrons. The van der Waals surface area contributed by atoms with Gasteiger partial charge in [-0.05, 0) is 18.1 Å². The van der Waals surface area contributed by atoms with E-state index in [-0.39, 0.29) is 0 Å². The molecule has 1 atom stereocenters. The van der Waals surface area contributed by atoms with Gasteiger partial charge in [-0.2, -0.15) is 0 Å². The van der Waals surface area contributed by atoms with E-state index in [9.17, 15) is 0 Å². The van der Waals surface area contributed by atoms with Crippen molar-refractivity contribution in [2.75, 3.05) is 36.9 Å². The molecular weight excluding hydrogens is 190 g/mol. The van der Waals surface area contributed by atoms with Crippen LogP contribution in [0.2, 0.25) is 0 Å². The summed E-state index contributed by atoms with van der Waals surface area (Å²) in [6.45, 7) is 5.78. The van der Waals surface area contributed by atoms with Gasteiger partial charge in [0.2, 0.25) is 0 Å². The van der Waals surface area contributed by atoms with Crippen molar-refractivity contribution in [3.8, 4) is 0 Å². The number of hydrogen-bond donors (Lipinski definition) is 1. The fourth-order valence-corrected chi connectivity index (χ4v) is 1.80. The van der Waals surface area contributed by atoms with E-state index in [2.05, 4.69) is 16.8 Å². The van der Waals surface area contributed by atoms with E-state index in [4.69, 9.17) is 10.5 Å². The van der Waals surface area contributed by atoms with Crippen LogP contribution in [0, 0.1) is 5.92 Å². The maximum absolute atomic E-state index is 5.56. The summed E-state index contributed by atoms with van der Waals surface area (Å²) in [5.41, 5.74) is 6.69. The van der Waals surface area contributed by atoms with Crippen LogP contribution in [-0.2, 0) is 4.74 Å². The van der Waals surface area contributed by atoms with Crippen LogP contribution < -0.4 is 10.6 Å². The molecule has 4 heteroatoms. The van der Waals surface area contributed by atoms with Crippen molar-refractivity contribution >= 4 is 11.5 Å². The number of anilines is 2. The topological polar surface area (TPSA) is 51.4 Å². The third-order valence-electron chi connectivity index (χ3n) is 2.58. The lowest BCUT2D eigenvalue weighted by Gasteiger charge is -2.23. The predicted molar refractivity (Wildman–Crippen MR) is 60.8 cm³/mol.